The van der Waals surface area contributed by atoms with Gasteiger partial charge in [0.05, 0.1) is 12.7 Å². The summed E-state index contributed by atoms with van der Waals surface area (Å²) in [6, 6.07) is 0. The first-order valence-corrected chi connectivity index (χ1v) is 6.20. The Balaban J connectivity index is 1.82. The van der Waals surface area contributed by atoms with E-state index in [1.54, 1.807) is 0 Å². The van der Waals surface area contributed by atoms with Crippen molar-refractivity contribution in [2.75, 3.05) is 19.7 Å². The Kier molecular flexibility index (Phi) is 3.82. The van der Waals surface area contributed by atoms with Crippen molar-refractivity contribution in [1.82, 2.24) is 5.32 Å². The molecule has 0 radical (unpaired) electrons. The van der Waals surface area contributed by atoms with Gasteiger partial charge in [0.25, 0.3) is 0 Å². The van der Waals surface area contributed by atoms with Crippen molar-refractivity contribution in [3.63, 3.8) is 0 Å². The number of ether oxygens (including phenoxy) is 1. The minimum atomic E-state index is 0.479. The fourth-order valence-electron chi connectivity index (χ4n) is 2.89. The minimum Gasteiger partial charge on any atom is -0.375 e. The van der Waals surface area contributed by atoms with Crippen molar-refractivity contribution in [2.45, 2.75) is 45.1 Å². The molecule has 0 amide bonds. The Labute approximate surface area is 87.4 Å². The van der Waals surface area contributed by atoms with Gasteiger partial charge >= 0.3 is 0 Å². The summed E-state index contributed by atoms with van der Waals surface area (Å²) in [6.07, 6.45) is 7.67. The molecule has 2 fully saturated rings. The lowest BCUT2D eigenvalue weighted by Crippen LogP contribution is -2.44. The first-order valence-electron chi connectivity index (χ1n) is 6.20. The summed E-state index contributed by atoms with van der Waals surface area (Å²) in [5.74, 6) is 1.68. The van der Waals surface area contributed by atoms with Crippen LogP contribution in [0.25, 0.3) is 0 Å². The lowest BCUT2D eigenvalue weighted by molar-refractivity contribution is -0.0256. The molecular formula is C12H23NO. The Morgan fingerprint density at radius 2 is 2.00 bits per heavy atom. The predicted molar refractivity (Wildman–Crippen MR) is 58.3 cm³/mol. The van der Waals surface area contributed by atoms with Crippen LogP contribution >= 0.6 is 0 Å². The second-order valence-corrected chi connectivity index (χ2v) is 4.87. The van der Waals surface area contributed by atoms with E-state index in [1.165, 1.54) is 32.1 Å². The third-order valence-corrected chi connectivity index (χ3v) is 3.94. The molecule has 0 spiro atoms. The van der Waals surface area contributed by atoms with Crippen LogP contribution in [0.3, 0.4) is 0 Å². The highest BCUT2D eigenvalue weighted by Crippen LogP contribution is 2.32. The fourth-order valence-corrected chi connectivity index (χ4v) is 2.89. The standard InChI is InChI=1S/C12H23NO/c1-10(11-5-3-2-4-6-11)12-9-13-7-8-14-12/h10-13H,2-9H2,1H3. The smallest absolute Gasteiger partial charge is 0.0728 e. The summed E-state index contributed by atoms with van der Waals surface area (Å²) < 4.78 is 5.83. The zero-order valence-corrected chi connectivity index (χ0v) is 9.30. The number of hydrogen-bond donors (Lipinski definition) is 1. The molecule has 1 heterocycles. The molecule has 0 bridgehead atoms. The van der Waals surface area contributed by atoms with Crippen molar-refractivity contribution < 1.29 is 4.74 Å². The van der Waals surface area contributed by atoms with Gasteiger partial charge in [-0.15, -0.1) is 0 Å². The van der Waals surface area contributed by atoms with E-state index in [1.807, 2.05) is 0 Å². The van der Waals surface area contributed by atoms with E-state index in [0.717, 1.165) is 31.5 Å². The third kappa shape index (κ3) is 2.48. The molecule has 2 aliphatic rings. The summed E-state index contributed by atoms with van der Waals surface area (Å²) in [6.45, 7) is 5.39. The molecule has 1 aliphatic heterocycles. The normalized spacial score (nSPS) is 32.8. The van der Waals surface area contributed by atoms with Crippen molar-refractivity contribution in [2.24, 2.45) is 11.8 Å². The average Bonchev–Trinajstić information content (AvgIpc) is 2.30. The molecule has 1 N–H and O–H groups in total. The largest absolute Gasteiger partial charge is 0.375 e. The van der Waals surface area contributed by atoms with E-state index in [0.29, 0.717) is 6.10 Å². The third-order valence-electron chi connectivity index (χ3n) is 3.94. The topological polar surface area (TPSA) is 21.3 Å². The van der Waals surface area contributed by atoms with Gasteiger partial charge in [-0.05, 0) is 11.8 Å². The molecule has 1 saturated heterocycles. The lowest BCUT2D eigenvalue weighted by atomic mass is 9.78. The van der Waals surface area contributed by atoms with Crippen LogP contribution in [0, 0.1) is 11.8 Å². The maximum absolute atomic E-state index is 5.83. The Bertz CT molecular complexity index is 142. The number of hydrogen-bond acceptors (Lipinski definition) is 2. The van der Waals surface area contributed by atoms with Crippen molar-refractivity contribution in [3.8, 4) is 0 Å². The zero-order chi connectivity index (χ0) is 9.80. The van der Waals surface area contributed by atoms with Crippen LogP contribution in [0.2, 0.25) is 0 Å². The number of rotatable bonds is 2. The maximum Gasteiger partial charge on any atom is 0.0728 e. The minimum absolute atomic E-state index is 0.479. The molecular weight excluding hydrogens is 174 g/mol. The highest BCUT2D eigenvalue weighted by atomic mass is 16.5. The fraction of sp³-hybridized carbons (Fsp3) is 1.00. The lowest BCUT2D eigenvalue weighted by Gasteiger charge is -2.35. The highest BCUT2D eigenvalue weighted by Gasteiger charge is 2.28. The molecule has 2 atom stereocenters. The van der Waals surface area contributed by atoms with Gasteiger partial charge in [-0.25, -0.2) is 0 Å². The molecule has 2 unspecified atom stereocenters. The van der Waals surface area contributed by atoms with Crippen LogP contribution in [0.1, 0.15) is 39.0 Å². The molecule has 2 nitrogen and oxygen atoms in total. The molecule has 0 aromatic rings. The number of morpholine rings is 1. The molecule has 0 aromatic heterocycles. The van der Waals surface area contributed by atoms with Gasteiger partial charge in [-0.1, -0.05) is 39.0 Å². The zero-order valence-electron chi connectivity index (χ0n) is 9.30. The van der Waals surface area contributed by atoms with Gasteiger partial charge in [-0.3, -0.25) is 0 Å². The van der Waals surface area contributed by atoms with E-state index in [9.17, 15) is 0 Å². The predicted octanol–water partition coefficient (Wildman–Crippen LogP) is 2.19. The Hall–Kier alpha value is -0.0800. The van der Waals surface area contributed by atoms with Crippen molar-refractivity contribution >= 4 is 0 Å². The Morgan fingerprint density at radius 3 is 2.64 bits per heavy atom. The number of nitrogens with one attached hydrogen (secondary N) is 1. The summed E-state index contributed by atoms with van der Waals surface area (Å²) >= 11 is 0. The molecule has 14 heavy (non-hydrogen) atoms. The SMILES string of the molecule is CC(C1CCCCC1)C1CNCCO1. The van der Waals surface area contributed by atoms with E-state index >= 15 is 0 Å². The van der Waals surface area contributed by atoms with Crippen LogP contribution in [-0.2, 0) is 4.74 Å². The molecule has 2 rings (SSSR count). The van der Waals surface area contributed by atoms with E-state index in [2.05, 4.69) is 12.2 Å². The first-order chi connectivity index (χ1) is 6.88. The molecule has 1 aliphatic carbocycles. The van der Waals surface area contributed by atoms with Crippen LogP contribution < -0.4 is 5.32 Å². The summed E-state index contributed by atoms with van der Waals surface area (Å²) in [5, 5.41) is 3.43. The van der Waals surface area contributed by atoms with Gasteiger partial charge < -0.3 is 10.1 Å². The van der Waals surface area contributed by atoms with Gasteiger partial charge in [0.15, 0.2) is 0 Å². The van der Waals surface area contributed by atoms with Crippen LogP contribution in [0.15, 0.2) is 0 Å². The van der Waals surface area contributed by atoms with E-state index < -0.39 is 0 Å². The van der Waals surface area contributed by atoms with Crippen LogP contribution in [0.5, 0.6) is 0 Å². The quantitative estimate of drug-likeness (QED) is 0.732. The molecule has 82 valence electrons. The summed E-state index contributed by atoms with van der Waals surface area (Å²) in [5.41, 5.74) is 0. The van der Waals surface area contributed by atoms with E-state index in [4.69, 9.17) is 4.74 Å². The monoisotopic (exact) mass is 197 g/mol. The van der Waals surface area contributed by atoms with Crippen LogP contribution in [0.4, 0.5) is 0 Å². The second kappa shape index (κ2) is 5.13. The van der Waals surface area contributed by atoms with Gasteiger partial charge in [-0.2, -0.15) is 0 Å². The van der Waals surface area contributed by atoms with Crippen molar-refractivity contribution in [3.05, 3.63) is 0 Å². The molecule has 0 aromatic carbocycles. The average molecular weight is 197 g/mol. The van der Waals surface area contributed by atoms with Gasteiger partial charge in [0, 0.05) is 13.1 Å². The Morgan fingerprint density at radius 1 is 1.21 bits per heavy atom. The van der Waals surface area contributed by atoms with Gasteiger partial charge in [0.1, 0.15) is 0 Å². The van der Waals surface area contributed by atoms with Crippen molar-refractivity contribution in [1.29, 1.82) is 0 Å². The summed E-state index contributed by atoms with van der Waals surface area (Å²) in [4.78, 5) is 0. The molecule has 1 saturated carbocycles. The maximum atomic E-state index is 5.83. The highest BCUT2D eigenvalue weighted by molar-refractivity contribution is 4.80. The van der Waals surface area contributed by atoms with E-state index in [-0.39, 0.29) is 0 Å². The molecule has 2 heteroatoms. The van der Waals surface area contributed by atoms with Gasteiger partial charge in [0.2, 0.25) is 0 Å². The van der Waals surface area contributed by atoms with Crippen LogP contribution in [-0.4, -0.2) is 25.8 Å². The first kappa shape index (κ1) is 10.4. The second-order valence-electron chi connectivity index (χ2n) is 4.87. The summed E-state index contributed by atoms with van der Waals surface area (Å²) in [7, 11) is 0.